The Bertz CT molecular complexity index is 1640. The Morgan fingerprint density at radius 2 is 1.86 bits per heavy atom. The van der Waals surface area contributed by atoms with Crippen LogP contribution in [0.4, 0.5) is 23.2 Å². The number of nitrogens with zero attached hydrogens (tertiary/aromatic N) is 4. The van der Waals surface area contributed by atoms with E-state index in [0.29, 0.717) is 17.0 Å². The van der Waals surface area contributed by atoms with Crippen LogP contribution in [0.5, 0.6) is 0 Å². The van der Waals surface area contributed by atoms with Crippen LogP contribution in [0.15, 0.2) is 71.8 Å². The molecule has 2 aromatic carbocycles. The van der Waals surface area contributed by atoms with Gasteiger partial charge in [-0.3, -0.25) is 9.36 Å². The maximum atomic E-state index is 14.1. The van der Waals surface area contributed by atoms with Gasteiger partial charge in [-0.15, -0.1) is 0 Å². The van der Waals surface area contributed by atoms with Crippen molar-refractivity contribution in [2.75, 3.05) is 5.32 Å². The van der Waals surface area contributed by atoms with Crippen molar-refractivity contribution >= 4 is 33.7 Å². The van der Waals surface area contributed by atoms with Crippen LogP contribution in [0.1, 0.15) is 24.2 Å². The highest BCUT2D eigenvalue weighted by molar-refractivity contribution is 6.29. The summed E-state index contributed by atoms with van der Waals surface area (Å²) in [5, 5.41) is 7.12. The van der Waals surface area contributed by atoms with Crippen molar-refractivity contribution in [3.8, 4) is 5.69 Å². The minimum atomic E-state index is -4.75. The van der Waals surface area contributed by atoms with Gasteiger partial charge in [-0.05, 0) is 42.6 Å². The van der Waals surface area contributed by atoms with Gasteiger partial charge in [0, 0.05) is 24.2 Å². The third-order valence-electron chi connectivity index (χ3n) is 5.59. The minimum Gasteiger partial charge on any atom is -0.374 e. The number of pyridine rings is 1. The minimum absolute atomic E-state index is 0.0937. The average molecular weight is 502 g/mol. The van der Waals surface area contributed by atoms with Crippen LogP contribution in [0.3, 0.4) is 0 Å². The van der Waals surface area contributed by atoms with E-state index in [9.17, 15) is 22.4 Å². The lowest BCUT2D eigenvalue weighted by Gasteiger charge is -2.23. The van der Waals surface area contributed by atoms with Gasteiger partial charge >= 0.3 is 6.18 Å². The number of benzene rings is 2. The Morgan fingerprint density at radius 3 is 2.60 bits per heavy atom. The molecule has 0 aliphatic rings. The molecule has 0 saturated heterocycles. The predicted octanol–water partition coefficient (Wildman–Crippen LogP) is 6.02. The van der Waals surface area contributed by atoms with Crippen LogP contribution in [0, 0.1) is 5.82 Å². The SMILES string of the molecule is CC(Nc1cc(Cl)nn2ccnc12)c1cc2cccc(C(F)(F)F)c2c(=O)n1-c1cccc(F)c1. The first-order valence-corrected chi connectivity index (χ1v) is 10.8. The number of rotatable bonds is 4. The molecule has 0 fully saturated rings. The Morgan fingerprint density at radius 1 is 1.09 bits per heavy atom. The van der Waals surface area contributed by atoms with Gasteiger partial charge in [-0.1, -0.05) is 29.8 Å². The first-order valence-electron chi connectivity index (χ1n) is 10.4. The summed E-state index contributed by atoms with van der Waals surface area (Å²) >= 11 is 6.12. The zero-order valence-corrected chi connectivity index (χ0v) is 18.8. The van der Waals surface area contributed by atoms with E-state index >= 15 is 0 Å². The number of hydrogen-bond acceptors (Lipinski definition) is 4. The number of hydrogen-bond donors (Lipinski definition) is 1. The van der Waals surface area contributed by atoms with E-state index in [1.165, 1.54) is 47.1 Å². The standard InChI is InChI=1S/C24H16ClF4N5O/c1-13(31-18-12-20(25)32-33-9-8-30-22(18)33)19-10-14-4-2-7-17(24(27,28)29)21(14)23(35)34(19)16-6-3-5-15(26)11-16/h2-13,31H,1H3. The zero-order chi connectivity index (χ0) is 24.9. The molecule has 0 amide bonds. The number of fused-ring (bicyclic) bond motifs is 2. The van der Waals surface area contributed by atoms with E-state index in [1.54, 1.807) is 19.2 Å². The molecule has 1 atom stereocenters. The van der Waals surface area contributed by atoms with Crippen LogP contribution in [0.25, 0.3) is 22.1 Å². The Kier molecular flexibility index (Phi) is 5.47. The summed E-state index contributed by atoms with van der Waals surface area (Å²) < 4.78 is 57.9. The second-order valence-corrected chi connectivity index (χ2v) is 8.29. The van der Waals surface area contributed by atoms with Crippen LogP contribution in [-0.2, 0) is 6.18 Å². The molecule has 0 aliphatic carbocycles. The molecular weight excluding hydrogens is 486 g/mol. The molecule has 6 nitrogen and oxygen atoms in total. The van der Waals surface area contributed by atoms with Gasteiger partial charge in [0.15, 0.2) is 10.8 Å². The summed E-state index contributed by atoms with van der Waals surface area (Å²) in [6, 6.07) is 11.1. The van der Waals surface area contributed by atoms with Gasteiger partial charge < -0.3 is 5.32 Å². The lowest BCUT2D eigenvalue weighted by atomic mass is 10.0. The van der Waals surface area contributed by atoms with Crippen LogP contribution in [-0.4, -0.2) is 19.2 Å². The van der Waals surface area contributed by atoms with Gasteiger partial charge in [0.05, 0.1) is 28.4 Å². The Balaban J connectivity index is 1.76. The van der Waals surface area contributed by atoms with Gasteiger partial charge in [0.25, 0.3) is 5.56 Å². The fourth-order valence-electron chi connectivity index (χ4n) is 4.12. The first-order chi connectivity index (χ1) is 16.6. The van der Waals surface area contributed by atoms with Crippen molar-refractivity contribution in [2.24, 2.45) is 0 Å². The fraction of sp³-hybridized carbons (Fsp3) is 0.125. The van der Waals surface area contributed by atoms with Crippen molar-refractivity contribution in [1.82, 2.24) is 19.2 Å². The first kappa shape index (κ1) is 22.9. The Labute approximate surface area is 200 Å². The lowest BCUT2D eigenvalue weighted by Crippen LogP contribution is -2.27. The predicted molar refractivity (Wildman–Crippen MR) is 125 cm³/mol. The van der Waals surface area contributed by atoms with Crippen molar-refractivity contribution in [1.29, 1.82) is 0 Å². The second kappa shape index (κ2) is 8.38. The maximum absolute atomic E-state index is 14.1. The number of nitrogens with one attached hydrogen (secondary N) is 1. The average Bonchev–Trinajstić information content (AvgIpc) is 3.26. The van der Waals surface area contributed by atoms with Gasteiger partial charge in [0.1, 0.15) is 5.82 Å². The molecular formula is C24H16ClF4N5O. The highest BCUT2D eigenvalue weighted by atomic mass is 35.5. The third-order valence-corrected chi connectivity index (χ3v) is 5.78. The molecule has 5 aromatic rings. The molecule has 0 radical (unpaired) electrons. The summed E-state index contributed by atoms with van der Waals surface area (Å²) in [6.07, 6.45) is -1.61. The molecule has 178 valence electrons. The van der Waals surface area contributed by atoms with Gasteiger partial charge in [-0.25, -0.2) is 13.9 Å². The molecule has 35 heavy (non-hydrogen) atoms. The normalized spacial score (nSPS) is 12.9. The number of aromatic nitrogens is 4. The molecule has 3 heterocycles. The molecule has 5 rings (SSSR count). The maximum Gasteiger partial charge on any atom is 0.417 e. The van der Waals surface area contributed by atoms with Crippen molar-refractivity contribution in [3.63, 3.8) is 0 Å². The monoisotopic (exact) mass is 501 g/mol. The van der Waals surface area contributed by atoms with Crippen molar-refractivity contribution in [2.45, 2.75) is 19.1 Å². The van der Waals surface area contributed by atoms with Crippen LogP contribution >= 0.6 is 11.6 Å². The second-order valence-electron chi connectivity index (χ2n) is 7.90. The number of imidazole rings is 1. The van der Waals surface area contributed by atoms with Gasteiger partial charge in [-0.2, -0.15) is 18.3 Å². The lowest BCUT2D eigenvalue weighted by molar-refractivity contribution is -0.136. The summed E-state index contributed by atoms with van der Waals surface area (Å²) in [6.45, 7) is 1.72. The fourth-order valence-corrected chi connectivity index (χ4v) is 4.31. The van der Waals surface area contributed by atoms with E-state index in [1.807, 2.05) is 0 Å². The number of halogens is 5. The van der Waals surface area contributed by atoms with Crippen molar-refractivity contribution < 1.29 is 17.6 Å². The zero-order valence-electron chi connectivity index (χ0n) is 18.0. The molecule has 0 aliphatic heterocycles. The largest absolute Gasteiger partial charge is 0.417 e. The van der Waals surface area contributed by atoms with E-state index in [4.69, 9.17) is 11.6 Å². The summed E-state index contributed by atoms with van der Waals surface area (Å²) in [5.41, 5.74) is -0.618. The topological polar surface area (TPSA) is 64.2 Å². The number of anilines is 1. The highest BCUT2D eigenvalue weighted by Gasteiger charge is 2.34. The highest BCUT2D eigenvalue weighted by Crippen LogP contribution is 2.35. The van der Waals surface area contributed by atoms with E-state index < -0.39 is 34.5 Å². The van der Waals surface area contributed by atoms with Gasteiger partial charge in [0.2, 0.25) is 0 Å². The number of alkyl halides is 3. The van der Waals surface area contributed by atoms with E-state index in [0.717, 1.165) is 16.7 Å². The third kappa shape index (κ3) is 4.10. The summed E-state index contributed by atoms with van der Waals surface area (Å²) in [4.78, 5) is 17.8. The van der Waals surface area contributed by atoms with E-state index in [-0.39, 0.29) is 16.2 Å². The molecule has 1 unspecified atom stereocenters. The summed E-state index contributed by atoms with van der Waals surface area (Å²) in [5.74, 6) is -0.634. The smallest absolute Gasteiger partial charge is 0.374 e. The summed E-state index contributed by atoms with van der Waals surface area (Å²) in [7, 11) is 0. The molecule has 0 spiro atoms. The molecule has 11 heteroatoms. The quantitative estimate of drug-likeness (QED) is 0.306. The Hall–Kier alpha value is -3.92. The van der Waals surface area contributed by atoms with Crippen LogP contribution in [0.2, 0.25) is 5.15 Å². The van der Waals surface area contributed by atoms with E-state index in [2.05, 4.69) is 15.4 Å². The molecule has 1 N–H and O–H groups in total. The van der Waals surface area contributed by atoms with Crippen LogP contribution < -0.4 is 10.9 Å². The molecule has 3 aromatic heterocycles. The molecule has 0 saturated carbocycles. The molecule has 0 bridgehead atoms. The van der Waals surface area contributed by atoms with Crippen molar-refractivity contribution in [3.05, 3.63) is 99.6 Å².